The second kappa shape index (κ2) is 7.73. The number of rotatable bonds is 2. The summed E-state index contributed by atoms with van der Waals surface area (Å²) in [6, 6.07) is 10.2. The van der Waals surface area contributed by atoms with Gasteiger partial charge in [0.15, 0.2) is 5.01 Å². The van der Waals surface area contributed by atoms with E-state index in [4.69, 9.17) is 4.98 Å². The average molecular weight is 415 g/mol. The number of hydrogen-bond acceptors (Lipinski definition) is 5. The van der Waals surface area contributed by atoms with Gasteiger partial charge in [0, 0.05) is 23.3 Å². The maximum Gasteiger partial charge on any atom is 0.167 e. The maximum atomic E-state index is 4.84. The zero-order valence-electron chi connectivity index (χ0n) is 15.2. The molecule has 0 aliphatic carbocycles. The molecule has 138 valence electrons. The molecule has 0 aliphatic rings. The first-order valence-corrected chi connectivity index (χ1v) is 9.96. The molecule has 27 heavy (non-hydrogen) atoms. The van der Waals surface area contributed by atoms with Gasteiger partial charge in [-0.05, 0) is 56.9 Å². The summed E-state index contributed by atoms with van der Waals surface area (Å²) in [5.41, 5.74) is 1.82. The minimum atomic E-state index is -0.0642. The molecule has 0 aliphatic heterocycles. The molecule has 7 heteroatoms. The molecule has 0 spiro atoms. The fourth-order valence-corrected chi connectivity index (χ4v) is 3.91. The van der Waals surface area contributed by atoms with Crippen molar-refractivity contribution in [3.05, 3.63) is 58.0 Å². The monoisotopic (exact) mass is 414 g/mol. The summed E-state index contributed by atoms with van der Waals surface area (Å²) in [6.45, 7) is 6.45. The Morgan fingerprint density at radius 1 is 1.11 bits per heavy atom. The minimum absolute atomic E-state index is 0. The highest BCUT2D eigenvalue weighted by atomic mass is 35.5. The third-order valence-corrected chi connectivity index (χ3v) is 5.28. The normalized spacial score (nSPS) is 10.9. The standard InChI is InChI=1S/C20H18N4S2.ClH/c1-20(2,3)23-19-18(22-16-6-4-5-12-24(16)19)15-9-7-14(26-15)8-10-17-21-11-13-25-17;/h4-7,9,11-13,23H,1-3H3;1H. The number of aromatic nitrogens is 3. The third-order valence-electron chi connectivity index (χ3n) is 3.59. The first kappa shape index (κ1) is 19.4. The summed E-state index contributed by atoms with van der Waals surface area (Å²) in [5.74, 6) is 7.32. The summed E-state index contributed by atoms with van der Waals surface area (Å²) in [5, 5.41) is 6.37. The number of thiazole rings is 1. The summed E-state index contributed by atoms with van der Waals surface area (Å²) in [7, 11) is 0. The highest BCUT2D eigenvalue weighted by Crippen LogP contribution is 2.35. The van der Waals surface area contributed by atoms with Crippen LogP contribution in [0.4, 0.5) is 5.82 Å². The molecule has 0 fully saturated rings. The number of fused-ring (bicyclic) bond motifs is 1. The van der Waals surface area contributed by atoms with Crippen LogP contribution in [-0.4, -0.2) is 19.9 Å². The Balaban J connectivity index is 0.00000210. The van der Waals surface area contributed by atoms with Crippen molar-refractivity contribution in [2.75, 3.05) is 5.32 Å². The molecule has 4 aromatic heterocycles. The van der Waals surface area contributed by atoms with Crippen LogP contribution in [0, 0.1) is 11.8 Å². The van der Waals surface area contributed by atoms with Gasteiger partial charge in [-0.1, -0.05) is 6.07 Å². The molecular weight excluding hydrogens is 396 g/mol. The van der Waals surface area contributed by atoms with E-state index in [1.807, 2.05) is 35.8 Å². The lowest BCUT2D eigenvalue weighted by Crippen LogP contribution is -2.27. The van der Waals surface area contributed by atoms with E-state index in [-0.39, 0.29) is 17.9 Å². The van der Waals surface area contributed by atoms with Crippen molar-refractivity contribution < 1.29 is 0 Å². The lowest BCUT2D eigenvalue weighted by atomic mass is 10.1. The van der Waals surface area contributed by atoms with Crippen LogP contribution in [0.1, 0.15) is 30.7 Å². The number of halogens is 1. The quantitative estimate of drug-likeness (QED) is 0.437. The lowest BCUT2D eigenvalue weighted by molar-refractivity contribution is 0.630. The summed E-state index contributed by atoms with van der Waals surface area (Å²) < 4.78 is 2.10. The molecule has 4 heterocycles. The molecule has 0 unspecified atom stereocenters. The first-order valence-electron chi connectivity index (χ1n) is 8.27. The molecule has 4 aromatic rings. The van der Waals surface area contributed by atoms with Crippen LogP contribution >= 0.6 is 35.1 Å². The Morgan fingerprint density at radius 3 is 2.70 bits per heavy atom. The number of pyridine rings is 1. The Bertz CT molecular complexity index is 1110. The highest BCUT2D eigenvalue weighted by Gasteiger charge is 2.20. The molecule has 0 aromatic carbocycles. The van der Waals surface area contributed by atoms with Crippen molar-refractivity contribution in [3.63, 3.8) is 0 Å². The number of thiophene rings is 1. The average Bonchev–Trinajstić information content (AvgIpc) is 3.32. The van der Waals surface area contributed by atoms with Crippen molar-refractivity contribution >= 4 is 46.5 Å². The number of imidazole rings is 1. The zero-order valence-corrected chi connectivity index (χ0v) is 17.6. The molecule has 0 bridgehead atoms. The topological polar surface area (TPSA) is 42.2 Å². The summed E-state index contributed by atoms with van der Waals surface area (Å²) >= 11 is 3.20. The predicted molar refractivity (Wildman–Crippen MR) is 117 cm³/mol. The molecule has 4 nitrogen and oxygen atoms in total. The van der Waals surface area contributed by atoms with Gasteiger partial charge in [-0.25, -0.2) is 9.97 Å². The zero-order chi connectivity index (χ0) is 18.1. The third kappa shape index (κ3) is 4.33. The Kier molecular flexibility index (Phi) is 5.56. The Hall–Kier alpha value is -2.33. The van der Waals surface area contributed by atoms with Crippen LogP contribution in [-0.2, 0) is 0 Å². The molecular formula is C20H19ClN4S2. The van der Waals surface area contributed by atoms with E-state index in [0.29, 0.717) is 0 Å². The van der Waals surface area contributed by atoms with Gasteiger partial charge < -0.3 is 5.32 Å². The van der Waals surface area contributed by atoms with Crippen molar-refractivity contribution in [3.8, 4) is 22.4 Å². The van der Waals surface area contributed by atoms with Gasteiger partial charge in [0.25, 0.3) is 0 Å². The van der Waals surface area contributed by atoms with Crippen molar-refractivity contribution in [2.24, 2.45) is 0 Å². The Labute approximate surface area is 172 Å². The summed E-state index contributed by atoms with van der Waals surface area (Å²) in [4.78, 5) is 11.2. The van der Waals surface area contributed by atoms with Gasteiger partial charge in [0.05, 0.1) is 9.75 Å². The van der Waals surface area contributed by atoms with Gasteiger partial charge in [0.1, 0.15) is 17.2 Å². The van der Waals surface area contributed by atoms with Gasteiger partial charge >= 0.3 is 0 Å². The molecule has 1 N–H and O–H groups in total. The van der Waals surface area contributed by atoms with E-state index < -0.39 is 0 Å². The van der Waals surface area contributed by atoms with Gasteiger partial charge in [-0.3, -0.25) is 4.40 Å². The molecule has 0 saturated carbocycles. The van der Waals surface area contributed by atoms with E-state index in [0.717, 1.165) is 31.9 Å². The van der Waals surface area contributed by atoms with Gasteiger partial charge in [-0.15, -0.1) is 35.1 Å². The number of anilines is 1. The second-order valence-electron chi connectivity index (χ2n) is 6.86. The predicted octanol–water partition coefficient (Wildman–Crippen LogP) is 5.55. The summed E-state index contributed by atoms with van der Waals surface area (Å²) in [6.07, 6.45) is 3.81. The van der Waals surface area contributed by atoms with Crippen molar-refractivity contribution in [1.29, 1.82) is 0 Å². The van der Waals surface area contributed by atoms with Gasteiger partial charge in [-0.2, -0.15) is 0 Å². The maximum absolute atomic E-state index is 4.84. The largest absolute Gasteiger partial charge is 0.365 e. The van der Waals surface area contributed by atoms with Crippen LogP contribution in [0.3, 0.4) is 0 Å². The second-order valence-corrected chi connectivity index (χ2v) is 8.84. The fourth-order valence-electron chi connectivity index (χ4n) is 2.57. The lowest BCUT2D eigenvalue weighted by Gasteiger charge is -2.22. The van der Waals surface area contributed by atoms with Crippen LogP contribution in [0.2, 0.25) is 0 Å². The van der Waals surface area contributed by atoms with E-state index in [1.54, 1.807) is 28.9 Å². The van der Waals surface area contributed by atoms with Crippen LogP contribution < -0.4 is 5.32 Å². The van der Waals surface area contributed by atoms with Crippen molar-refractivity contribution in [1.82, 2.24) is 14.4 Å². The van der Waals surface area contributed by atoms with Gasteiger partial charge in [0.2, 0.25) is 0 Å². The molecule has 0 atom stereocenters. The van der Waals surface area contributed by atoms with Crippen LogP contribution in [0.25, 0.3) is 16.2 Å². The van der Waals surface area contributed by atoms with E-state index in [1.165, 1.54) is 0 Å². The number of hydrogen-bond donors (Lipinski definition) is 1. The highest BCUT2D eigenvalue weighted by molar-refractivity contribution is 7.16. The van der Waals surface area contributed by atoms with Crippen molar-refractivity contribution in [2.45, 2.75) is 26.3 Å². The smallest absolute Gasteiger partial charge is 0.167 e. The van der Waals surface area contributed by atoms with E-state index in [2.05, 4.69) is 53.4 Å². The van der Waals surface area contributed by atoms with Crippen LogP contribution in [0.5, 0.6) is 0 Å². The minimum Gasteiger partial charge on any atom is -0.365 e. The molecule has 4 rings (SSSR count). The van der Waals surface area contributed by atoms with E-state index in [9.17, 15) is 0 Å². The molecule has 0 amide bonds. The molecule has 0 saturated heterocycles. The van der Waals surface area contributed by atoms with Crippen LogP contribution in [0.15, 0.2) is 48.1 Å². The number of nitrogens with zero attached hydrogens (tertiary/aromatic N) is 3. The SMILES string of the molecule is CC(C)(C)Nc1c(-c2ccc(C#Cc3nccs3)s2)nc2ccccn12.Cl. The first-order chi connectivity index (χ1) is 12.5. The molecule has 0 radical (unpaired) electrons. The Morgan fingerprint density at radius 2 is 1.96 bits per heavy atom. The number of nitrogens with one attached hydrogen (secondary N) is 1. The fraction of sp³-hybridized carbons (Fsp3) is 0.200. The van der Waals surface area contributed by atoms with E-state index >= 15 is 0 Å².